The molecule has 0 fully saturated rings. The summed E-state index contributed by atoms with van der Waals surface area (Å²) >= 11 is 6.12. The van der Waals surface area contributed by atoms with Crippen LogP contribution in [0.5, 0.6) is 0 Å². The Bertz CT molecular complexity index is 848. The van der Waals surface area contributed by atoms with Crippen LogP contribution in [0, 0.1) is 6.92 Å². The van der Waals surface area contributed by atoms with Crippen molar-refractivity contribution in [3.63, 3.8) is 0 Å². The summed E-state index contributed by atoms with van der Waals surface area (Å²) in [5, 5.41) is 6.62. The van der Waals surface area contributed by atoms with Gasteiger partial charge < -0.3 is 10.6 Å². The topological polar surface area (TPSA) is 61.4 Å². The molecule has 0 saturated carbocycles. The minimum absolute atomic E-state index is 0.0617. The Labute approximate surface area is 152 Å². The molecule has 0 aliphatic carbocycles. The van der Waals surface area contributed by atoms with Crippen molar-refractivity contribution in [2.24, 2.45) is 0 Å². The molecule has 0 atom stereocenters. The Morgan fingerprint density at radius 3 is 2.68 bits per heavy atom. The number of hydrogen-bond acceptors (Lipinski definition) is 3. The Kier molecular flexibility index (Phi) is 4.43. The Morgan fingerprint density at radius 2 is 1.92 bits per heavy atom. The van der Waals surface area contributed by atoms with Gasteiger partial charge in [0.25, 0.3) is 0 Å². The van der Waals surface area contributed by atoms with E-state index in [1.807, 2.05) is 37.3 Å². The number of hydrogen-bond donors (Lipinski definition) is 2. The molecule has 3 rings (SSSR count). The lowest BCUT2D eigenvalue weighted by molar-refractivity contribution is -0.125. The molecular formula is C19H20ClN3O2. The number of rotatable bonds is 3. The van der Waals surface area contributed by atoms with Crippen molar-refractivity contribution in [1.29, 1.82) is 0 Å². The second-order valence-electron chi connectivity index (χ2n) is 6.53. The van der Waals surface area contributed by atoms with Gasteiger partial charge in [0, 0.05) is 10.7 Å². The van der Waals surface area contributed by atoms with Gasteiger partial charge in [-0.2, -0.15) is 0 Å². The fourth-order valence-electron chi connectivity index (χ4n) is 2.95. The molecule has 25 heavy (non-hydrogen) atoms. The van der Waals surface area contributed by atoms with E-state index in [1.54, 1.807) is 30.9 Å². The van der Waals surface area contributed by atoms with Crippen molar-refractivity contribution >= 4 is 40.5 Å². The normalized spacial score (nSPS) is 15.4. The van der Waals surface area contributed by atoms with Crippen LogP contribution in [0.25, 0.3) is 0 Å². The first kappa shape index (κ1) is 17.3. The number of fused-ring (bicyclic) bond motifs is 1. The molecule has 130 valence electrons. The lowest BCUT2D eigenvalue weighted by Gasteiger charge is -2.42. The van der Waals surface area contributed by atoms with Crippen LogP contribution in [-0.4, -0.2) is 23.9 Å². The summed E-state index contributed by atoms with van der Waals surface area (Å²) in [5.74, 6) is -0.398. The van der Waals surface area contributed by atoms with Crippen molar-refractivity contribution in [1.82, 2.24) is 0 Å². The summed E-state index contributed by atoms with van der Waals surface area (Å²) < 4.78 is 0. The van der Waals surface area contributed by atoms with Crippen molar-refractivity contribution in [3.05, 3.63) is 53.1 Å². The van der Waals surface area contributed by atoms with Gasteiger partial charge in [-0.3, -0.25) is 14.5 Å². The molecule has 2 aromatic carbocycles. The highest BCUT2D eigenvalue weighted by atomic mass is 35.5. The highest BCUT2D eigenvalue weighted by molar-refractivity contribution is 6.31. The summed E-state index contributed by atoms with van der Waals surface area (Å²) in [5.41, 5.74) is 2.04. The average Bonchev–Trinajstić information content (AvgIpc) is 2.57. The molecule has 1 heterocycles. The number of nitrogens with one attached hydrogen (secondary N) is 2. The number of amides is 2. The maximum absolute atomic E-state index is 12.9. The fourth-order valence-corrected chi connectivity index (χ4v) is 3.12. The van der Waals surface area contributed by atoms with Gasteiger partial charge in [-0.1, -0.05) is 29.8 Å². The van der Waals surface area contributed by atoms with E-state index in [9.17, 15) is 9.59 Å². The van der Waals surface area contributed by atoms with E-state index < -0.39 is 5.54 Å². The van der Waals surface area contributed by atoms with Crippen LogP contribution in [0.4, 0.5) is 17.1 Å². The van der Waals surface area contributed by atoms with E-state index in [2.05, 4.69) is 10.6 Å². The van der Waals surface area contributed by atoms with E-state index >= 15 is 0 Å². The number of halogens is 1. The highest BCUT2D eigenvalue weighted by Gasteiger charge is 2.43. The molecule has 2 amide bonds. The monoisotopic (exact) mass is 357 g/mol. The van der Waals surface area contributed by atoms with E-state index in [1.165, 1.54) is 0 Å². The lowest BCUT2D eigenvalue weighted by Crippen LogP contribution is -2.59. The first-order valence-corrected chi connectivity index (χ1v) is 8.42. The summed E-state index contributed by atoms with van der Waals surface area (Å²) in [6.45, 7) is 5.43. The van der Waals surface area contributed by atoms with Crippen LogP contribution in [0.15, 0.2) is 42.5 Å². The standard InChI is InChI=1S/C19H20ClN3O2/c1-12-13(20)7-6-9-14(12)21-11-17(24)23-16-10-5-4-8-15(16)22-18(25)19(23,2)3/h4-10,21H,11H2,1-3H3,(H,22,25). The van der Waals surface area contributed by atoms with E-state index in [4.69, 9.17) is 11.6 Å². The largest absolute Gasteiger partial charge is 0.376 e. The third kappa shape index (κ3) is 3.07. The van der Waals surface area contributed by atoms with Gasteiger partial charge in [0.05, 0.1) is 17.9 Å². The van der Waals surface area contributed by atoms with Gasteiger partial charge >= 0.3 is 0 Å². The molecule has 0 saturated heterocycles. The summed E-state index contributed by atoms with van der Waals surface area (Å²) in [4.78, 5) is 26.9. The maximum atomic E-state index is 12.9. The third-order valence-electron chi connectivity index (χ3n) is 4.45. The smallest absolute Gasteiger partial charge is 0.250 e. The first-order valence-electron chi connectivity index (χ1n) is 8.05. The fraction of sp³-hybridized carbons (Fsp3) is 0.263. The second-order valence-corrected chi connectivity index (χ2v) is 6.93. The zero-order valence-electron chi connectivity index (χ0n) is 14.4. The summed E-state index contributed by atoms with van der Waals surface area (Å²) in [7, 11) is 0. The van der Waals surface area contributed by atoms with Gasteiger partial charge in [-0.05, 0) is 50.6 Å². The van der Waals surface area contributed by atoms with Crippen LogP contribution in [-0.2, 0) is 9.59 Å². The van der Waals surface area contributed by atoms with Gasteiger partial charge in [0.15, 0.2) is 0 Å². The van der Waals surface area contributed by atoms with E-state index in [-0.39, 0.29) is 18.4 Å². The minimum atomic E-state index is -0.976. The molecule has 0 aromatic heterocycles. The zero-order valence-corrected chi connectivity index (χ0v) is 15.1. The number of anilines is 3. The van der Waals surface area contributed by atoms with Crippen molar-refractivity contribution < 1.29 is 9.59 Å². The van der Waals surface area contributed by atoms with Crippen LogP contribution >= 0.6 is 11.6 Å². The third-order valence-corrected chi connectivity index (χ3v) is 4.86. The van der Waals surface area contributed by atoms with Gasteiger partial charge in [0.2, 0.25) is 11.8 Å². The Morgan fingerprint density at radius 1 is 1.20 bits per heavy atom. The molecular weight excluding hydrogens is 338 g/mol. The average molecular weight is 358 g/mol. The predicted octanol–water partition coefficient (Wildman–Crippen LogP) is 3.82. The van der Waals surface area contributed by atoms with E-state index in [0.717, 1.165) is 11.3 Å². The maximum Gasteiger partial charge on any atom is 0.250 e. The van der Waals surface area contributed by atoms with Crippen LogP contribution in [0.1, 0.15) is 19.4 Å². The Balaban J connectivity index is 1.87. The van der Waals surface area contributed by atoms with Crippen molar-refractivity contribution in [3.8, 4) is 0 Å². The molecule has 5 nitrogen and oxygen atoms in total. The van der Waals surface area contributed by atoms with Crippen molar-refractivity contribution in [2.45, 2.75) is 26.3 Å². The van der Waals surface area contributed by atoms with Crippen LogP contribution < -0.4 is 15.5 Å². The minimum Gasteiger partial charge on any atom is -0.376 e. The van der Waals surface area contributed by atoms with Crippen molar-refractivity contribution in [2.75, 3.05) is 22.1 Å². The first-order chi connectivity index (χ1) is 11.8. The van der Waals surface area contributed by atoms with Gasteiger partial charge in [0.1, 0.15) is 5.54 Å². The number of para-hydroxylation sites is 2. The number of nitrogens with zero attached hydrogens (tertiary/aromatic N) is 1. The summed E-state index contributed by atoms with van der Waals surface area (Å²) in [6.07, 6.45) is 0. The Hall–Kier alpha value is -2.53. The quantitative estimate of drug-likeness (QED) is 0.877. The second kappa shape index (κ2) is 6.41. The SMILES string of the molecule is Cc1c(Cl)cccc1NCC(=O)N1c2ccccc2NC(=O)C1(C)C. The molecule has 0 unspecified atom stereocenters. The van der Waals surface area contributed by atoms with Crippen LogP contribution in [0.2, 0.25) is 5.02 Å². The lowest BCUT2D eigenvalue weighted by atomic mass is 9.96. The number of carbonyl (C=O) groups excluding carboxylic acids is 2. The highest BCUT2D eigenvalue weighted by Crippen LogP contribution is 2.36. The molecule has 0 radical (unpaired) electrons. The predicted molar refractivity (Wildman–Crippen MR) is 101 cm³/mol. The molecule has 1 aliphatic rings. The summed E-state index contributed by atoms with van der Waals surface area (Å²) in [6, 6.07) is 12.8. The van der Waals surface area contributed by atoms with E-state index in [0.29, 0.717) is 16.4 Å². The van der Waals surface area contributed by atoms with Gasteiger partial charge in [-0.25, -0.2) is 0 Å². The molecule has 2 aromatic rings. The molecule has 6 heteroatoms. The zero-order chi connectivity index (χ0) is 18.2. The number of benzene rings is 2. The number of carbonyl (C=O) groups is 2. The molecule has 1 aliphatic heterocycles. The van der Waals surface area contributed by atoms with Crippen LogP contribution in [0.3, 0.4) is 0 Å². The van der Waals surface area contributed by atoms with Gasteiger partial charge in [-0.15, -0.1) is 0 Å². The molecule has 2 N–H and O–H groups in total. The molecule has 0 bridgehead atoms. The molecule has 0 spiro atoms.